The molecule has 32 heavy (non-hydrogen) atoms. The van der Waals surface area contributed by atoms with Crippen LogP contribution < -0.4 is 5.56 Å². The largest absolute Gasteiger partial charge is 0.272 e. The number of rotatable bonds is 4. The predicted octanol–water partition coefficient (Wildman–Crippen LogP) is 5.23. The van der Waals surface area contributed by atoms with Crippen LogP contribution in [0.3, 0.4) is 0 Å². The highest BCUT2D eigenvalue weighted by Crippen LogP contribution is 2.40. The number of hydrogen-bond donors (Lipinski definition) is 1. The molecule has 0 saturated heterocycles. The first-order valence-corrected chi connectivity index (χ1v) is 10.9. The highest BCUT2D eigenvalue weighted by molar-refractivity contribution is 7.03. The van der Waals surface area contributed by atoms with E-state index < -0.39 is 0 Å². The van der Waals surface area contributed by atoms with E-state index in [4.69, 9.17) is 6.57 Å². The summed E-state index contributed by atoms with van der Waals surface area (Å²) in [5.41, 5.74) is 6.61. The third-order valence-corrected chi connectivity index (χ3v) is 6.18. The van der Waals surface area contributed by atoms with Crippen LogP contribution in [0.15, 0.2) is 59.0 Å². The molecule has 156 valence electrons. The highest BCUT2D eigenvalue weighted by Gasteiger charge is 2.18. The number of hydrogen-bond acceptors (Lipinski definition) is 5. The molecule has 0 aliphatic carbocycles. The van der Waals surface area contributed by atoms with E-state index in [0.717, 1.165) is 44.6 Å². The normalized spacial score (nSPS) is 11.0. The van der Waals surface area contributed by atoms with Gasteiger partial charge in [0.25, 0.3) is 5.56 Å². The second-order valence-corrected chi connectivity index (χ2v) is 8.06. The summed E-state index contributed by atoms with van der Waals surface area (Å²) in [6.45, 7) is 9.78. The Kier molecular flexibility index (Phi) is 4.88. The smallest absolute Gasteiger partial charge is 0.269 e. The Balaban J connectivity index is 1.70. The third kappa shape index (κ3) is 3.20. The summed E-state index contributed by atoms with van der Waals surface area (Å²) < 4.78 is 5.94. The second kappa shape index (κ2) is 7.87. The van der Waals surface area contributed by atoms with Gasteiger partial charge in [-0.2, -0.15) is 10.2 Å². The maximum absolute atomic E-state index is 12.2. The SMILES string of the molecule is [C-]#[N+]c1cc(-c2cnsc2)ccc1-c1c(-c2ccc3c(=O)[nH]nc(CC)c3c2)cnn1C. The van der Waals surface area contributed by atoms with Crippen LogP contribution in [0.1, 0.15) is 12.6 Å². The summed E-state index contributed by atoms with van der Waals surface area (Å²) in [5, 5.41) is 14.7. The Morgan fingerprint density at radius 2 is 1.91 bits per heavy atom. The lowest BCUT2D eigenvalue weighted by atomic mass is 9.96. The van der Waals surface area contributed by atoms with Gasteiger partial charge in [0.1, 0.15) is 0 Å². The van der Waals surface area contributed by atoms with Crippen molar-refractivity contribution in [2.75, 3.05) is 0 Å². The van der Waals surface area contributed by atoms with Gasteiger partial charge in [-0.05, 0) is 47.3 Å². The Hall–Kier alpha value is -4.09. The molecule has 5 aromatic rings. The predicted molar refractivity (Wildman–Crippen MR) is 127 cm³/mol. The molecule has 8 heteroatoms. The fraction of sp³-hybridized carbons (Fsp3) is 0.125. The molecule has 0 unspecified atom stereocenters. The van der Waals surface area contributed by atoms with Crippen LogP contribution in [0.5, 0.6) is 0 Å². The lowest BCUT2D eigenvalue weighted by molar-refractivity contribution is 0.776. The van der Waals surface area contributed by atoms with Crippen LogP contribution in [-0.4, -0.2) is 24.4 Å². The molecular formula is C24H18N6OS. The van der Waals surface area contributed by atoms with E-state index >= 15 is 0 Å². The zero-order valence-corrected chi connectivity index (χ0v) is 18.3. The average molecular weight is 439 g/mol. The monoisotopic (exact) mass is 438 g/mol. The van der Waals surface area contributed by atoms with Crippen molar-refractivity contribution in [1.29, 1.82) is 0 Å². The molecule has 0 aliphatic heterocycles. The zero-order chi connectivity index (χ0) is 22.2. The van der Waals surface area contributed by atoms with Crippen molar-refractivity contribution in [3.63, 3.8) is 0 Å². The van der Waals surface area contributed by atoms with Crippen LogP contribution in [0.2, 0.25) is 0 Å². The van der Waals surface area contributed by atoms with Gasteiger partial charge in [0.2, 0.25) is 0 Å². The molecule has 0 bridgehead atoms. The molecule has 5 rings (SSSR count). The molecule has 0 fully saturated rings. The van der Waals surface area contributed by atoms with Crippen LogP contribution in [0, 0.1) is 6.57 Å². The number of fused-ring (bicyclic) bond motifs is 1. The van der Waals surface area contributed by atoms with E-state index in [1.165, 1.54) is 11.5 Å². The molecule has 0 spiro atoms. The minimum absolute atomic E-state index is 0.205. The Bertz CT molecular complexity index is 1560. The number of aryl methyl sites for hydroxylation is 2. The molecule has 7 nitrogen and oxygen atoms in total. The van der Waals surface area contributed by atoms with Crippen molar-refractivity contribution in [3.05, 3.63) is 81.6 Å². The van der Waals surface area contributed by atoms with Crippen LogP contribution in [0.25, 0.3) is 49.1 Å². The zero-order valence-electron chi connectivity index (χ0n) is 17.5. The highest BCUT2D eigenvalue weighted by atomic mass is 32.1. The summed E-state index contributed by atoms with van der Waals surface area (Å²) in [7, 11) is 1.87. The lowest BCUT2D eigenvalue weighted by Gasteiger charge is -2.11. The summed E-state index contributed by atoms with van der Waals surface area (Å²) in [6.07, 6.45) is 4.31. The van der Waals surface area contributed by atoms with Gasteiger partial charge in [0.05, 0.1) is 29.5 Å². The summed E-state index contributed by atoms with van der Waals surface area (Å²) in [5.74, 6) is 0. The second-order valence-electron chi connectivity index (χ2n) is 7.40. The number of aromatic nitrogens is 5. The Morgan fingerprint density at radius 3 is 2.66 bits per heavy atom. The first-order chi connectivity index (χ1) is 15.6. The minimum Gasteiger partial charge on any atom is -0.269 e. The third-order valence-electron chi connectivity index (χ3n) is 5.59. The number of nitrogens with zero attached hydrogens (tertiary/aromatic N) is 5. The van der Waals surface area contributed by atoms with Crippen molar-refractivity contribution < 1.29 is 0 Å². The fourth-order valence-electron chi connectivity index (χ4n) is 3.98. The van der Waals surface area contributed by atoms with E-state index in [1.807, 2.05) is 55.7 Å². The molecule has 3 heterocycles. The summed E-state index contributed by atoms with van der Waals surface area (Å²) in [6, 6.07) is 11.6. The molecule has 0 saturated carbocycles. The summed E-state index contributed by atoms with van der Waals surface area (Å²) in [4.78, 5) is 16.0. The molecule has 3 aromatic heterocycles. The van der Waals surface area contributed by atoms with Crippen LogP contribution >= 0.6 is 11.5 Å². The van der Waals surface area contributed by atoms with Gasteiger partial charge in [-0.3, -0.25) is 9.48 Å². The standard InChI is InChI=1S/C24H18N6OS/c1-4-21-19-9-15(6-7-17(19)24(31)29-28-21)20-12-26-30(3)23(20)18-8-5-14(10-22(18)25-2)16-11-27-32-13-16/h5-13H,4H2,1,3H3,(H,29,31). The van der Waals surface area contributed by atoms with E-state index in [9.17, 15) is 4.79 Å². The number of benzene rings is 2. The lowest BCUT2D eigenvalue weighted by Crippen LogP contribution is -2.10. The topological polar surface area (TPSA) is 80.8 Å². The molecule has 2 aromatic carbocycles. The van der Waals surface area contributed by atoms with Crippen molar-refractivity contribution in [3.8, 4) is 33.5 Å². The van der Waals surface area contributed by atoms with Crippen LogP contribution in [-0.2, 0) is 13.5 Å². The van der Waals surface area contributed by atoms with E-state index in [-0.39, 0.29) is 5.56 Å². The molecule has 0 radical (unpaired) electrons. The van der Waals surface area contributed by atoms with Gasteiger partial charge < -0.3 is 0 Å². The van der Waals surface area contributed by atoms with Gasteiger partial charge in [-0.15, -0.1) is 0 Å². The van der Waals surface area contributed by atoms with E-state index in [1.54, 1.807) is 17.1 Å². The van der Waals surface area contributed by atoms with Gasteiger partial charge in [-0.1, -0.05) is 25.1 Å². The van der Waals surface area contributed by atoms with Crippen molar-refractivity contribution in [2.24, 2.45) is 7.05 Å². The first kappa shape index (κ1) is 19.8. The van der Waals surface area contributed by atoms with Crippen molar-refractivity contribution in [1.82, 2.24) is 24.4 Å². The molecule has 0 atom stereocenters. The first-order valence-electron chi connectivity index (χ1n) is 10.1. The Labute approximate surface area is 188 Å². The molecular weight excluding hydrogens is 420 g/mol. The van der Waals surface area contributed by atoms with Gasteiger partial charge in [-0.25, -0.2) is 14.3 Å². The molecule has 0 aliphatic rings. The van der Waals surface area contributed by atoms with E-state index in [0.29, 0.717) is 17.5 Å². The maximum Gasteiger partial charge on any atom is 0.272 e. The maximum atomic E-state index is 12.2. The fourth-order valence-corrected chi connectivity index (χ4v) is 4.52. The molecule has 1 N–H and O–H groups in total. The molecule has 0 amide bonds. The van der Waals surface area contributed by atoms with Crippen molar-refractivity contribution >= 4 is 28.0 Å². The van der Waals surface area contributed by atoms with E-state index in [2.05, 4.69) is 24.5 Å². The van der Waals surface area contributed by atoms with Gasteiger partial charge in [0, 0.05) is 40.7 Å². The average Bonchev–Trinajstić information content (AvgIpc) is 3.49. The van der Waals surface area contributed by atoms with Gasteiger partial charge in [0.15, 0.2) is 5.69 Å². The van der Waals surface area contributed by atoms with Crippen LogP contribution in [0.4, 0.5) is 5.69 Å². The Morgan fingerprint density at radius 1 is 1.06 bits per heavy atom. The number of H-pyrrole nitrogens is 1. The summed E-state index contributed by atoms with van der Waals surface area (Å²) >= 11 is 1.39. The number of nitrogens with one attached hydrogen (secondary N) is 1. The van der Waals surface area contributed by atoms with Gasteiger partial charge >= 0.3 is 0 Å². The number of aromatic amines is 1. The minimum atomic E-state index is -0.205. The quantitative estimate of drug-likeness (QED) is 0.390. The van der Waals surface area contributed by atoms with Crippen molar-refractivity contribution in [2.45, 2.75) is 13.3 Å².